The van der Waals surface area contributed by atoms with Gasteiger partial charge in [-0.05, 0) is 36.4 Å². The van der Waals surface area contributed by atoms with E-state index in [0.717, 1.165) is 11.0 Å². The summed E-state index contributed by atoms with van der Waals surface area (Å²) in [7, 11) is 0. The minimum Gasteiger partial charge on any atom is -0.452 e. The molecular formula is C20H15BrF2N2O3. The Labute approximate surface area is 169 Å². The highest BCUT2D eigenvalue weighted by Crippen LogP contribution is 2.19. The van der Waals surface area contributed by atoms with Crippen molar-refractivity contribution in [2.45, 2.75) is 6.42 Å². The summed E-state index contributed by atoms with van der Waals surface area (Å²) in [5.41, 5.74) is 0.158. The molecule has 0 aliphatic rings. The lowest BCUT2D eigenvalue weighted by Gasteiger charge is -2.21. The molecule has 0 atom stereocenters. The predicted octanol–water partition coefficient (Wildman–Crippen LogP) is 4.23. The van der Waals surface area contributed by atoms with Crippen molar-refractivity contribution < 1.29 is 23.1 Å². The third-order valence-electron chi connectivity index (χ3n) is 3.59. The van der Waals surface area contributed by atoms with Gasteiger partial charge >= 0.3 is 5.97 Å². The quantitative estimate of drug-likeness (QED) is 0.469. The van der Waals surface area contributed by atoms with Gasteiger partial charge < -0.3 is 9.64 Å². The van der Waals surface area contributed by atoms with E-state index in [1.165, 1.54) is 42.5 Å². The number of nitriles is 1. The van der Waals surface area contributed by atoms with Gasteiger partial charge in [-0.15, -0.1) is 0 Å². The first kappa shape index (κ1) is 21.3. The normalized spacial score (nSPS) is 10.5. The van der Waals surface area contributed by atoms with Crippen LogP contribution in [0.1, 0.15) is 12.0 Å². The molecule has 5 nitrogen and oxygen atoms in total. The summed E-state index contributed by atoms with van der Waals surface area (Å²) in [6.07, 6.45) is 2.19. The third kappa shape index (κ3) is 5.99. The second-order valence-corrected chi connectivity index (χ2v) is 6.43. The lowest BCUT2D eigenvalue weighted by atomic mass is 10.2. The number of nitrogens with zero attached hydrogens (tertiary/aromatic N) is 2. The molecule has 0 aliphatic carbocycles. The first-order valence-corrected chi connectivity index (χ1v) is 8.93. The van der Waals surface area contributed by atoms with Crippen LogP contribution in [0.15, 0.2) is 53.0 Å². The Morgan fingerprint density at radius 1 is 1.18 bits per heavy atom. The predicted molar refractivity (Wildman–Crippen MR) is 103 cm³/mol. The summed E-state index contributed by atoms with van der Waals surface area (Å²) in [5.74, 6) is -2.70. The Hall–Kier alpha value is -3.05. The molecule has 0 aromatic heterocycles. The van der Waals surface area contributed by atoms with Crippen LogP contribution in [0.3, 0.4) is 0 Å². The summed E-state index contributed by atoms with van der Waals surface area (Å²) < 4.78 is 33.1. The molecule has 1 amide bonds. The smallest absolute Gasteiger partial charge is 0.331 e. The average Bonchev–Trinajstić information content (AvgIpc) is 2.68. The molecule has 0 heterocycles. The number of amides is 1. The van der Waals surface area contributed by atoms with Crippen molar-refractivity contribution in [1.82, 2.24) is 0 Å². The van der Waals surface area contributed by atoms with Crippen molar-refractivity contribution in [2.24, 2.45) is 0 Å². The highest BCUT2D eigenvalue weighted by atomic mass is 79.9. The van der Waals surface area contributed by atoms with Crippen LogP contribution in [0.5, 0.6) is 0 Å². The number of hydrogen-bond donors (Lipinski definition) is 0. The zero-order valence-electron chi connectivity index (χ0n) is 14.6. The molecule has 0 radical (unpaired) electrons. The van der Waals surface area contributed by atoms with Crippen molar-refractivity contribution in [3.8, 4) is 6.07 Å². The summed E-state index contributed by atoms with van der Waals surface area (Å²) >= 11 is 3.20. The van der Waals surface area contributed by atoms with Gasteiger partial charge in [0.25, 0.3) is 5.91 Å². The SMILES string of the molecule is N#CCCN(C(=O)COC(=O)/C=C/c1cc(Br)ccc1F)c1ccccc1F. The Balaban J connectivity index is 2.02. The van der Waals surface area contributed by atoms with Gasteiger partial charge in [-0.3, -0.25) is 4.79 Å². The van der Waals surface area contributed by atoms with E-state index in [-0.39, 0.29) is 24.2 Å². The number of rotatable bonds is 7. The van der Waals surface area contributed by atoms with Gasteiger partial charge in [0.2, 0.25) is 0 Å². The topological polar surface area (TPSA) is 70.4 Å². The van der Waals surface area contributed by atoms with E-state index in [9.17, 15) is 18.4 Å². The van der Waals surface area contributed by atoms with E-state index in [1.807, 2.05) is 6.07 Å². The van der Waals surface area contributed by atoms with E-state index < -0.39 is 30.1 Å². The molecule has 0 saturated heterocycles. The van der Waals surface area contributed by atoms with E-state index in [4.69, 9.17) is 10.00 Å². The molecule has 0 spiro atoms. The zero-order valence-corrected chi connectivity index (χ0v) is 16.2. The number of carbonyl (C=O) groups excluding carboxylic acids is 2. The Kier molecular flexibility index (Phi) is 7.84. The molecule has 2 aromatic carbocycles. The van der Waals surface area contributed by atoms with E-state index in [0.29, 0.717) is 4.47 Å². The van der Waals surface area contributed by atoms with Crippen molar-refractivity contribution in [3.05, 3.63) is 70.2 Å². The molecule has 0 bridgehead atoms. The number of halogens is 3. The van der Waals surface area contributed by atoms with Crippen molar-refractivity contribution in [1.29, 1.82) is 5.26 Å². The lowest BCUT2D eigenvalue weighted by Crippen LogP contribution is -2.36. The van der Waals surface area contributed by atoms with Gasteiger partial charge in [-0.2, -0.15) is 5.26 Å². The van der Waals surface area contributed by atoms with Crippen LogP contribution in [0.25, 0.3) is 6.08 Å². The van der Waals surface area contributed by atoms with Gasteiger partial charge in [0, 0.05) is 22.7 Å². The fraction of sp³-hybridized carbons (Fsp3) is 0.150. The van der Waals surface area contributed by atoms with Gasteiger partial charge in [0.15, 0.2) is 6.61 Å². The van der Waals surface area contributed by atoms with Crippen molar-refractivity contribution >= 4 is 39.6 Å². The largest absolute Gasteiger partial charge is 0.452 e. The lowest BCUT2D eigenvalue weighted by molar-refractivity contribution is -0.142. The molecule has 8 heteroatoms. The molecule has 0 saturated carbocycles. The minimum absolute atomic E-state index is 0.00875. The highest BCUT2D eigenvalue weighted by molar-refractivity contribution is 9.10. The summed E-state index contributed by atoms with van der Waals surface area (Å²) in [4.78, 5) is 25.2. The van der Waals surface area contributed by atoms with Crippen molar-refractivity contribution in [3.63, 3.8) is 0 Å². The molecule has 144 valence electrons. The second kappa shape index (κ2) is 10.3. The van der Waals surface area contributed by atoms with Crippen LogP contribution in [0.2, 0.25) is 0 Å². The fourth-order valence-electron chi connectivity index (χ4n) is 2.27. The maximum atomic E-state index is 14.0. The Bertz CT molecular complexity index is 941. The van der Waals surface area contributed by atoms with E-state index in [2.05, 4.69) is 15.9 Å². The van der Waals surface area contributed by atoms with Gasteiger partial charge in [-0.25, -0.2) is 13.6 Å². The Morgan fingerprint density at radius 3 is 2.64 bits per heavy atom. The van der Waals surface area contributed by atoms with Gasteiger partial charge in [0.05, 0.1) is 18.2 Å². The monoisotopic (exact) mass is 448 g/mol. The maximum Gasteiger partial charge on any atom is 0.331 e. The molecule has 28 heavy (non-hydrogen) atoms. The number of para-hydroxylation sites is 1. The number of anilines is 1. The second-order valence-electron chi connectivity index (χ2n) is 5.51. The number of esters is 1. The number of benzene rings is 2. The van der Waals surface area contributed by atoms with Crippen LogP contribution in [-0.4, -0.2) is 25.0 Å². The molecule has 0 unspecified atom stereocenters. The van der Waals surface area contributed by atoms with Gasteiger partial charge in [-0.1, -0.05) is 28.1 Å². The minimum atomic E-state index is -0.860. The number of carbonyl (C=O) groups is 2. The van der Waals surface area contributed by atoms with E-state index >= 15 is 0 Å². The van der Waals surface area contributed by atoms with E-state index in [1.54, 1.807) is 6.07 Å². The first-order chi connectivity index (χ1) is 13.4. The molecule has 0 fully saturated rings. The van der Waals surface area contributed by atoms with Crippen LogP contribution in [0, 0.1) is 23.0 Å². The fourth-order valence-corrected chi connectivity index (χ4v) is 2.65. The molecular weight excluding hydrogens is 434 g/mol. The molecule has 0 aliphatic heterocycles. The molecule has 0 N–H and O–H groups in total. The summed E-state index contributed by atoms with van der Waals surface area (Å²) in [5, 5.41) is 8.74. The summed E-state index contributed by atoms with van der Waals surface area (Å²) in [6, 6.07) is 11.7. The molecule has 2 rings (SSSR count). The van der Waals surface area contributed by atoms with Crippen LogP contribution < -0.4 is 4.90 Å². The Morgan fingerprint density at radius 2 is 1.93 bits per heavy atom. The maximum absolute atomic E-state index is 14.0. The van der Waals surface area contributed by atoms with Crippen LogP contribution >= 0.6 is 15.9 Å². The third-order valence-corrected chi connectivity index (χ3v) is 4.08. The van der Waals surface area contributed by atoms with Crippen LogP contribution in [-0.2, 0) is 14.3 Å². The summed E-state index contributed by atoms with van der Waals surface area (Å²) in [6.45, 7) is -0.698. The highest BCUT2D eigenvalue weighted by Gasteiger charge is 2.19. The zero-order chi connectivity index (χ0) is 20.5. The first-order valence-electron chi connectivity index (χ1n) is 8.14. The standard InChI is InChI=1S/C20H15BrF2N2O3/c21-15-7-8-16(22)14(12-15)6-9-20(27)28-13-19(26)25(11-3-10-24)18-5-2-1-4-17(18)23/h1-2,4-9,12H,3,11,13H2/b9-6+. The van der Waals surface area contributed by atoms with Crippen LogP contribution in [0.4, 0.5) is 14.5 Å². The number of hydrogen-bond acceptors (Lipinski definition) is 4. The average molecular weight is 449 g/mol. The molecule has 2 aromatic rings. The van der Waals surface area contributed by atoms with Crippen molar-refractivity contribution in [2.75, 3.05) is 18.1 Å². The van der Waals surface area contributed by atoms with Gasteiger partial charge in [0.1, 0.15) is 11.6 Å². The number of ether oxygens (including phenoxy) is 1.